The van der Waals surface area contributed by atoms with Gasteiger partial charge in [0.25, 0.3) is 0 Å². The lowest BCUT2D eigenvalue weighted by Gasteiger charge is -2.29. The molecule has 2 aliphatic rings. The first kappa shape index (κ1) is 18.6. The summed E-state index contributed by atoms with van der Waals surface area (Å²) in [5.41, 5.74) is 1.87. The van der Waals surface area contributed by atoms with Crippen LogP contribution in [0.15, 0.2) is 31.0 Å². The second-order valence-corrected chi connectivity index (χ2v) is 7.61. The van der Waals surface area contributed by atoms with E-state index in [4.69, 9.17) is 0 Å². The lowest BCUT2D eigenvalue weighted by atomic mass is 9.91. The predicted octanol–water partition coefficient (Wildman–Crippen LogP) is 1.95. The van der Waals surface area contributed by atoms with E-state index in [0.29, 0.717) is 25.4 Å². The van der Waals surface area contributed by atoms with Crippen molar-refractivity contribution in [2.75, 3.05) is 13.1 Å². The molecule has 1 saturated carbocycles. The molecule has 8 nitrogen and oxygen atoms in total. The molecular formula is C20H26N6O2. The molecule has 1 saturated heterocycles. The highest BCUT2D eigenvalue weighted by Crippen LogP contribution is 2.29. The van der Waals surface area contributed by atoms with Crippen molar-refractivity contribution >= 4 is 11.8 Å². The van der Waals surface area contributed by atoms with Gasteiger partial charge in [-0.05, 0) is 38.2 Å². The van der Waals surface area contributed by atoms with Gasteiger partial charge in [0.15, 0.2) is 0 Å². The van der Waals surface area contributed by atoms with E-state index in [0.717, 1.165) is 49.9 Å². The molecule has 3 heterocycles. The summed E-state index contributed by atoms with van der Waals surface area (Å²) in [6, 6.07) is 2.45. The van der Waals surface area contributed by atoms with E-state index in [1.807, 2.05) is 23.1 Å². The van der Waals surface area contributed by atoms with E-state index in [2.05, 4.69) is 20.4 Å². The topological polar surface area (TPSA) is 93.0 Å². The van der Waals surface area contributed by atoms with Gasteiger partial charge in [-0.3, -0.25) is 14.3 Å². The van der Waals surface area contributed by atoms with Crippen LogP contribution in [-0.4, -0.2) is 55.6 Å². The summed E-state index contributed by atoms with van der Waals surface area (Å²) in [4.78, 5) is 33.8. The molecule has 148 valence electrons. The van der Waals surface area contributed by atoms with E-state index >= 15 is 0 Å². The summed E-state index contributed by atoms with van der Waals surface area (Å²) in [7, 11) is 0. The molecule has 0 unspecified atom stereocenters. The molecule has 2 amide bonds. The summed E-state index contributed by atoms with van der Waals surface area (Å²) in [6.07, 6.45) is 13.0. The molecule has 2 aromatic rings. The summed E-state index contributed by atoms with van der Waals surface area (Å²) < 4.78 is 2.02. The van der Waals surface area contributed by atoms with Crippen LogP contribution in [0.2, 0.25) is 0 Å². The molecule has 1 N–H and O–H groups in total. The van der Waals surface area contributed by atoms with E-state index in [1.54, 1.807) is 17.4 Å². The van der Waals surface area contributed by atoms with Gasteiger partial charge in [0.05, 0.1) is 17.9 Å². The van der Waals surface area contributed by atoms with Gasteiger partial charge in [-0.15, -0.1) is 0 Å². The summed E-state index contributed by atoms with van der Waals surface area (Å²) in [5.74, 6) is 0.224. The number of rotatable bonds is 6. The van der Waals surface area contributed by atoms with Crippen LogP contribution in [0.3, 0.4) is 0 Å². The van der Waals surface area contributed by atoms with Crippen LogP contribution in [0.1, 0.15) is 51.0 Å². The Morgan fingerprint density at radius 2 is 2.11 bits per heavy atom. The minimum absolute atomic E-state index is 0.0493. The van der Waals surface area contributed by atoms with Gasteiger partial charge in [0.2, 0.25) is 11.8 Å². The van der Waals surface area contributed by atoms with Crippen LogP contribution in [0, 0.1) is 0 Å². The van der Waals surface area contributed by atoms with Crippen molar-refractivity contribution < 1.29 is 9.59 Å². The second kappa shape index (κ2) is 8.50. The number of nitrogens with one attached hydrogen (secondary N) is 1. The Labute approximate surface area is 164 Å². The van der Waals surface area contributed by atoms with Gasteiger partial charge >= 0.3 is 0 Å². The number of nitrogens with zero attached hydrogens (tertiary/aromatic N) is 5. The van der Waals surface area contributed by atoms with Crippen LogP contribution in [-0.2, 0) is 9.59 Å². The summed E-state index contributed by atoms with van der Waals surface area (Å²) in [5, 5.41) is 7.65. The third kappa shape index (κ3) is 4.37. The van der Waals surface area contributed by atoms with Gasteiger partial charge < -0.3 is 10.2 Å². The van der Waals surface area contributed by atoms with Gasteiger partial charge in [0.1, 0.15) is 6.33 Å². The molecule has 0 aromatic carbocycles. The molecule has 2 aromatic heterocycles. The zero-order chi connectivity index (χ0) is 19.3. The second-order valence-electron chi connectivity index (χ2n) is 7.61. The van der Waals surface area contributed by atoms with Gasteiger partial charge in [-0.1, -0.05) is 0 Å². The van der Waals surface area contributed by atoms with Crippen LogP contribution in [0.4, 0.5) is 0 Å². The molecule has 0 bridgehead atoms. The molecule has 4 rings (SSSR count). The predicted molar refractivity (Wildman–Crippen MR) is 103 cm³/mol. The van der Waals surface area contributed by atoms with Crippen molar-refractivity contribution in [1.82, 2.24) is 30.0 Å². The van der Waals surface area contributed by atoms with Crippen molar-refractivity contribution in [3.63, 3.8) is 0 Å². The largest absolute Gasteiger partial charge is 0.353 e. The molecule has 0 spiro atoms. The lowest BCUT2D eigenvalue weighted by molar-refractivity contribution is -0.128. The Balaban J connectivity index is 1.23. The van der Waals surface area contributed by atoms with Crippen molar-refractivity contribution in [2.24, 2.45) is 0 Å². The molecule has 1 aliphatic carbocycles. The zero-order valence-corrected chi connectivity index (χ0v) is 16.0. The molecule has 1 aliphatic heterocycles. The van der Waals surface area contributed by atoms with Crippen LogP contribution in [0.25, 0.3) is 11.3 Å². The number of likely N-dealkylation sites (tertiary alicyclic amines) is 1. The summed E-state index contributed by atoms with van der Waals surface area (Å²) >= 11 is 0. The number of amides is 2. The molecular weight excluding hydrogens is 356 g/mol. The Morgan fingerprint density at radius 3 is 2.82 bits per heavy atom. The molecule has 28 heavy (non-hydrogen) atoms. The Morgan fingerprint density at radius 1 is 1.25 bits per heavy atom. The molecule has 0 radical (unpaired) electrons. The summed E-state index contributed by atoms with van der Waals surface area (Å²) in [6.45, 7) is 1.33. The quantitative estimate of drug-likeness (QED) is 0.824. The first-order chi connectivity index (χ1) is 13.7. The van der Waals surface area contributed by atoms with Crippen LogP contribution in [0.5, 0.6) is 0 Å². The minimum atomic E-state index is 0.0493. The maximum atomic E-state index is 12.2. The van der Waals surface area contributed by atoms with Crippen molar-refractivity contribution in [3.8, 4) is 11.3 Å². The minimum Gasteiger partial charge on any atom is -0.353 e. The number of carbonyl (C=O) groups excluding carboxylic acids is 2. The molecule has 2 fully saturated rings. The van der Waals surface area contributed by atoms with E-state index in [1.165, 1.54) is 0 Å². The standard InChI is InChI=1S/C20H26N6O2/c27-19(8-11-25-10-1-2-20(25)28)24-16-3-5-17(6-4-16)26-13-15(12-23-26)18-7-9-21-14-22-18/h7,9,12-14,16-17H,1-6,8,10-11H2,(H,24,27). The smallest absolute Gasteiger partial charge is 0.222 e. The maximum Gasteiger partial charge on any atom is 0.222 e. The van der Waals surface area contributed by atoms with E-state index in [9.17, 15) is 9.59 Å². The van der Waals surface area contributed by atoms with Gasteiger partial charge in [-0.25, -0.2) is 9.97 Å². The molecule has 8 heteroatoms. The lowest BCUT2D eigenvalue weighted by Crippen LogP contribution is -2.39. The molecule has 0 atom stereocenters. The monoisotopic (exact) mass is 382 g/mol. The number of hydrogen-bond donors (Lipinski definition) is 1. The highest BCUT2D eigenvalue weighted by molar-refractivity contribution is 5.80. The zero-order valence-electron chi connectivity index (χ0n) is 16.0. The van der Waals surface area contributed by atoms with E-state index < -0.39 is 0 Å². The van der Waals surface area contributed by atoms with Crippen LogP contribution < -0.4 is 5.32 Å². The normalized spacial score (nSPS) is 22.4. The number of carbonyl (C=O) groups is 2. The fraction of sp³-hybridized carbons (Fsp3) is 0.550. The maximum absolute atomic E-state index is 12.2. The fourth-order valence-electron chi connectivity index (χ4n) is 4.09. The third-order valence-electron chi connectivity index (χ3n) is 5.70. The van der Waals surface area contributed by atoms with Crippen molar-refractivity contribution in [3.05, 3.63) is 31.0 Å². The van der Waals surface area contributed by atoms with Gasteiger partial charge in [0, 0.05) is 49.9 Å². The third-order valence-corrected chi connectivity index (χ3v) is 5.70. The van der Waals surface area contributed by atoms with Crippen LogP contribution >= 0.6 is 0 Å². The highest BCUT2D eigenvalue weighted by atomic mass is 16.2. The average Bonchev–Trinajstić information content (AvgIpc) is 3.37. The SMILES string of the molecule is O=C(CCN1CCCC1=O)NC1CCC(n2cc(-c3ccncn3)cn2)CC1. The highest BCUT2D eigenvalue weighted by Gasteiger charge is 2.25. The Hall–Kier alpha value is -2.77. The Bertz CT molecular complexity index is 813. The number of aromatic nitrogens is 4. The fourth-order valence-corrected chi connectivity index (χ4v) is 4.09. The number of hydrogen-bond acceptors (Lipinski definition) is 5. The first-order valence-electron chi connectivity index (χ1n) is 10.1. The Kier molecular flexibility index (Phi) is 5.64. The first-order valence-corrected chi connectivity index (χ1v) is 10.1. The van der Waals surface area contributed by atoms with Crippen molar-refractivity contribution in [1.29, 1.82) is 0 Å². The van der Waals surface area contributed by atoms with E-state index in [-0.39, 0.29) is 17.9 Å². The average molecular weight is 382 g/mol. The van der Waals surface area contributed by atoms with Crippen molar-refractivity contribution in [2.45, 2.75) is 57.0 Å². The van der Waals surface area contributed by atoms with Gasteiger partial charge in [-0.2, -0.15) is 5.10 Å².